The van der Waals surface area contributed by atoms with E-state index in [4.69, 9.17) is 0 Å². The topological polar surface area (TPSA) is 12.0 Å². The van der Waals surface area contributed by atoms with Crippen LogP contribution in [-0.4, -0.2) is 12.6 Å². The lowest BCUT2D eigenvalue weighted by Crippen LogP contribution is -2.16. The molecule has 2 unspecified atom stereocenters. The van der Waals surface area contributed by atoms with E-state index in [-0.39, 0.29) is 0 Å². The Hall–Kier alpha value is -0.300. The van der Waals surface area contributed by atoms with Crippen LogP contribution < -0.4 is 5.32 Å². The molecule has 80 valence electrons. The molecule has 0 heterocycles. The second-order valence-electron chi connectivity index (χ2n) is 5.14. The molecule has 0 amide bonds. The van der Waals surface area contributed by atoms with Gasteiger partial charge in [0.05, 0.1) is 0 Å². The molecular weight excluding hydrogens is 170 g/mol. The maximum absolute atomic E-state index is 3.52. The first-order valence-electron chi connectivity index (χ1n) is 6.24. The van der Waals surface area contributed by atoms with E-state index in [2.05, 4.69) is 24.4 Å². The summed E-state index contributed by atoms with van der Waals surface area (Å²) in [5.74, 6) is 1.83. The van der Waals surface area contributed by atoms with E-state index in [9.17, 15) is 0 Å². The highest BCUT2D eigenvalue weighted by Crippen LogP contribution is 2.29. The molecule has 0 bridgehead atoms. The number of rotatable bonds is 4. The van der Waals surface area contributed by atoms with E-state index in [0.717, 1.165) is 24.4 Å². The van der Waals surface area contributed by atoms with Gasteiger partial charge in [-0.3, -0.25) is 0 Å². The minimum atomic E-state index is 0.852. The van der Waals surface area contributed by atoms with Gasteiger partial charge in [0, 0.05) is 12.6 Å². The normalized spacial score (nSPS) is 33.8. The van der Waals surface area contributed by atoms with Crippen molar-refractivity contribution in [1.82, 2.24) is 5.32 Å². The number of hydrogen-bond acceptors (Lipinski definition) is 1. The van der Waals surface area contributed by atoms with Crippen LogP contribution in [0, 0.1) is 11.8 Å². The van der Waals surface area contributed by atoms with Gasteiger partial charge in [-0.1, -0.05) is 31.9 Å². The van der Waals surface area contributed by atoms with Gasteiger partial charge in [-0.05, 0) is 37.5 Å². The van der Waals surface area contributed by atoms with E-state index >= 15 is 0 Å². The maximum atomic E-state index is 3.52. The van der Waals surface area contributed by atoms with Gasteiger partial charge < -0.3 is 5.32 Å². The SMILES string of the molecule is CC1CCCC(C=CCNC2CC2)C1. The fraction of sp³-hybridized carbons (Fsp3) is 0.846. The second kappa shape index (κ2) is 4.97. The molecule has 2 rings (SSSR count). The Bertz CT molecular complexity index is 193. The lowest BCUT2D eigenvalue weighted by molar-refractivity contribution is 0.325. The fourth-order valence-corrected chi connectivity index (χ4v) is 2.44. The van der Waals surface area contributed by atoms with Crippen LogP contribution in [0.2, 0.25) is 0 Å². The summed E-state index contributed by atoms with van der Waals surface area (Å²) in [5.41, 5.74) is 0. The summed E-state index contributed by atoms with van der Waals surface area (Å²) in [5, 5.41) is 3.52. The molecule has 1 nitrogen and oxygen atoms in total. The van der Waals surface area contributed by atoms with Crippen LogP contribution in [0.15, 0.2) is 12.2 Å². The van der Waals surface area contributed by atoms with Gasteiger partial charge in [0.2, 0.25) is 0 Å². The van der Waals surface area contributed by atoms with Crippen LogP contribution in [0.25, 0.3) is 0 Å². The van der Waals surface area contributed by atoms with E-state index in [1.807, 2.05) is 0 Å². The molecule has 14 heavy (non-hydrogen) atoms. The monoisotopic (exact) mass is 193 g/mol. The lowest BCUT2D eigenvalue weighted by atomic mass is 9.82. The molecule has 2 saturated carbocycles. The summed E-state index contributed by atoms with van der Waals surface area (Å²) in [6.07, 6.45) is 13.3. The van der Waals surface area contributed by atoms with Crippen LogP contribution in [-0.2, 0) is 0 Å². The standard InChI is InChI=1S/C13H23N/c1-11-4-2-5-12(10-11)6-3-9-14-13-7-8-13/h3,6,11-14H,2,4-5,7-10H2,1H3. The van der Waals surface area contributed by atoms with Crippen LogP contribution in [0.5, 0.6) is 0 Å². The number of nitrogens with one attached hydrogen (secondary N) is 1. The van der Waals surface area contributed by atoms with Gasteiger partial charge in [-0.25, -0.2) is 0 Å². The fourth-order valence-electron chi connectivity index (χ4n) is 2.44. The molecule has 0 saturated heterocycles. The molecule has 0 aromatic rings. The molecule has 2 aliphatic rings. The molecule has 0 spiro atoms. The predicted molar refractivity (Wildman–Crippen MR) is 61.3 cm³/mol. The molecule has 1 N–H and O–H groups in total. The third-order valence-electron chi connectivity index (χ3n) is 3.49. The van der Waals surface area contributed by atoms with Gasteiger partial charge in [0.15, 0.2) is 0 Å². The quantitative estimate of drug-likeness (QED) is 0.676. The molecule has 0 aromatic heterocycles. The van der Waals surface area contributed by atoms with Gasteiger partial charge in [0.25, 0.3) is 0 Å². The van der Waals surface area contributed by atoms with Gasteiger partial charge >= 0.3 is 0 Å². The minimum Gasteiger partial charge on any atom is -0.311 e. The summed E-state index contributed by atoms with van der Waals surface area (Å²) in [6, 6.07) is 0.852. The van der Waals surface area contributed by atoms with Crippen molar-refractivity contribution in [3.8, 4) is 0 Å². The largest absolute Gasteiger partial charge is 0.311 e. The average molecular weight is 193 g/mol. The van der Waals surface area contributed by atoms with Gasteiger partial charge in [0.1, 0.15) is 0 Å². The highest BCUT2D eigenvalue weighted by molar-refractivity contribution is 4.94. The van der Waals surface area contributed by atoms with Crippen molar-refractivity contribution < 1.29 is 0 Å². The molecule has 2 fully saturated rings. The molecule has 0 radical (unpaired) electrons. The summed E-state index contributed by atoms with van der Waals surface area (Å²) >= 11 is 0. The molecule has 2 aliphatic carbocycles. The Morgan fingerprint density at radius 2 is 2.07 bits per heavy atom. The lowest BCUT2D eigenvalue weighted by Gasteiger charge is -2.24. The Morgan fingerprint density at radius 1 is 1.21 bits per heavy atom. The summed E-state index contributed by atoms with van der Waals surface area (Å²) in [7, 11) is 0. The van der Waals surface area contributed by atoms with Crippen molar-refractivity contribution in [3.05, 3.63) is 12.2 Å². The second-order valence-corrected chi connectivity index (χ2v) is 5.14. The summed E-state index contributed by atoms with van der Waals surface area (Å²) < 4.78 is 0. The van der Waals surface area contributed by atoms with Crippen molar-refractivity contribution >= 4 is 0 Å². The number of allylic oxidation sites excluding steroid dienone is 1. The zero-order chi connectivity index (χ0) is 9.80. The van der Waals surface area contributed by atoms with Crippen molar-refractivity contribution in [1.29, 1.82) is 0 Å². The van der Waals surface area contributed by atoms with Crippen LogP contribution >= 0.6 is 0 Å². The number of hydrogen-bond donors (Lipinski definition) is 1. The third-order valence-corrected chi connectivity index (χ3v) is 3.49. The van der Waals surface area contributed by atoms with Crippen molar-refractivity contribution in [2.24, 2.45) is 11.8 Å². The Morgan fingerprint density at radius 3 is 2.79 bits per heavy atom. The van der Waals surface area contributed by atoms with E-state index in [1.54, 1.807) is 0 Å². The maximum Gasteiger partial charge on any atom is 0.0137 e. The summed E-state index contributed by atoms with van der Waals surface area (Å²) in [4.78, 5) is 0. The predicted octanol–water partition coefficient (Wildman–Crippen LogP) is 3.12. The Balaban J connectivity index is 1.61. The van der Waals surface area contributed by atoms with E-state index in [1.165, 1.54) is 38.5 Å². The smallest absolute Gasteiger partial charge is 0.0137 e. The van der Waals surface area contributed by atoms with E-state index in [0.29, 0.717) is 0 Å². The van der Waals surface area contributed by atoms with E-state index < -0.39 is 0 Å². The summed E-state index contributed by atoms with van der Waals surface area (Å²) in [6.45, 7) is 3.48. The van der Waals surface area contributed by atoms with Crippen molar-refractivity contribution in [2.45, 2.75) is 51.5 Å². The van der Waals surface area contributed by atoms with Crippen molar-refractivity contribution in [3.63, 3.8) is 0 Å². The first-order valence-corrected chi connectivity index (χ1v) is 6.24. The highest BCUT2D eigenvalue weighted by Gasteiger charge is 2.19. The van der Waals surface area contributed by atoms with Crippen LogP contribution in [0.4, 0.5) is 0 Å². The minimum absolute atomic E-state index is 0.852. The molecule has 0 aliphatic heterocycles. The zero-order valence-electron chi connectivity index (χ0n) is 9.34. The van der Waals surface area contributed by atoms with Gasteiger partial charge in [-0.15, -0.1) is 0 Å². The Labute approximate surface area is 88.0 Å². The first kappa shape index (κ1) is 10.2. The van der Waals surface area contributed by atoms with Gasteiger partial charge in [-0.2, -0.15) is 0 Å². The molecular formula is C13H23N. The highest BCUT2D eigenvalue weighted by atomic mass is 14.9. The molecule has 1 heteroatoms. The van der Waals surface area contributed by atoms with Crippen LogP contribution in [0.1, 0.15) is 45.4 Å². The Kier molecular flexibility index (Phi) is 3.63. The zero-order valence-corrected chi connectivity index (χ0v) is 9.34. The molecule has 2 atom stereocenters. The third kappa shape index (κ3) is 3.45. The first-order chi connectivity index (χ1) is 6.84. The average Bonchev–Trinajstić information content (AvgIpc) is 2.96. The van der Waals surface area contributed by atoms with Crippen LogP contribution in [0.3, 0.4) is 0 Å². The molecule has 0 aromatic carbocycles. The van der Waals surface area contributed by atoms with Crippen molar-refractivity contribution in [2.75, 3.05) is 6.54 Å².